The van der Waals surface area contributed by atoms with E-state index < -0.39 is 29.8 Å². The molecule has 0 aliphatic heterocycles. The number of rotatable bonds is 8. The van der Waals surface area contributed by atoms with Crippen LogP contribution in [0, 0.1) is 18.8 Å². The summed E-state index contributed by atoms with van der Waals surface area (Å²) in [6, 6.07) is 3.48. The van der Waals surface area contributed by atoms with Gasteiger partial charge >= 0.3 is 12.1 Å². The molecule has 0 aromatic carbocycles. The molecule has 184 valence electrons. The van der Waals surface area contributed by atoms with E-state index in [1.807, 2.05) is 0 Å². The molecule has 0 spiro atoms. The normalized spacial score (nSPS) is 23.2. The molecule has 2 aliphatic carbocycles. The van der Waals surface area contributed by atoms with Gasteiger partial charge in [-0.1, -0.05) is 5.21 Å². The highest BCUT2D eigenvalue weighted by Gasteiger charge is 2.57. The maximum atomic E-state index is 12.9. The lowest BCUT2D eigenvalue weighted by atomic mass is 9.87. The lowest BCUT2D eigenvalue weighted by molar-refractivity contribution is -0.143. The summed E-state index contributed by atoms with van der Waals surface area (Å²) in [5.41, 5.74) is 2.15. The molecular weight excluding hydrogens is 452 g/mol. The molecule has 3 atom stereocenters. The van der Waals surface area contributed by atoms with Crippen LogP contribution in [0.1, 0.15) is 43.5 Å². The second-order valence-electron chi connectivity index (χ2n) is 8.84. The number of aryl methyl sites for hydroxylation is 2. The molecule has 2 aromatic rings. The molecule has 2 aromatic heterocycles. The number of nitrogens with one attached hydrogen (secondary N) is 1. The van der Waals surface area contributed by atoms with Crippen molar-refractivity contribution in [2.45, 2.75) is 57.6 Å². The third kappa shape index (κ3) is 5.42. The van der Waals surface area contributed by atoms with Crippen LogP contribution in [-0.2, 0) is 23.1 Å². The van der Waals surface area contributed by atoms with Crippen molar-refractivity contribution in [3.8, 4) is 17.1 Å². The van der Waals surface area contributed by atoms with Gasteiger partial charge in [0.1, 0.15) is 18.1 Å². The molecule has 0 saturated heterocycles. The maximum absolute atomic E-state index is 12.9. The van der Waals surface area contributed by atoms with Crippen molar-refractivity contribution in [3.05, 3.63) is 23.5 Å². The van der Waals surface area contributed by atoms with Crippen LogP contribution < -0.4 is 10.1 Å². The number of carbonyl (C=O) groups excluding carboxylic acids is 1. The van der Waals surface area contributed by atoms with Crippen molar-refractivity contribution in [1.82, 2.24) is 25.3 Å². The largest absolute Gasteiger partial charge is 0.489 e. The Bertz CT molecular complexity index is 1080. The molecule has 10 nitrogen and oxygen atoms in total. The Morgan fingerprint density at radius 2 is 2.09 bits per heavy atom. The van der Waals surface area contributed by atoms with Crippen LogP contribution in [0.3, 0.4) is 0 Å². The van der Waals surface area contributed by atoms with Gasteiger partial charge in [0.05, 0.1) is 41.6 Å². The maximum Gasteiger partial charge on any atom is 0.407 e. The third-order valence-corrected chi connectivity index (χ3v) is 6.26. The van der Waals surface area contributed by atoms with Crippen LogP contribution in [0.25, 0.3) is 11.4 Å². The van der Waals surface area contributed by atoms with Crippen LogP contribution in [-0.4, -0.2) is 55.8 Å². The minimum atomic E-state index is -2.74. The number of halogens is 2. The summed E-state index contributed by atoms with van der Waals surface area (Å²) < 4.78 is 38.2. The van der Waals surface area contributed by atoms with Crippen molar-refractivity contribution in [2.24, 2.45) is 18.9 Å². The number of amides is 1. The number of carbonyl (C=O) groups is 2. The monoisotopic (exact) mass is 479 g/mol. The predicted octanol–water partition coefficient (Wildman–Crippen LogP) is 3.09. The number of ether oxygens (including phenoxy) is 2. The highest BCUT2D eigenvalue weighted by Crippen LogP contribution is 2.48. The molecule has 2 saturated carbocycles. The zero-order valence-corrected chi connectivity index (χ0v) is 19.0. The zero-order valence-electron chi connectivity index (χ0n) is 19.0. The molecule has 12 heteroatoms. The summed E-state index contributed by atoms with van der Waals surface area (Å²) in [6.07, 6.45) is 1.48. The summed E-state index contributed by atoms with van der Waals surface area (Å²) in [6.45, 7) is 1.48. The number of carboxylic acid groups (broad SMARTS) is 1. The fourth-order valence-electron chi connectivity index (χ4n) is 4.07. The summed E-state index contributed by atoms with van der Waals surface area (Å²) >= 11 is 0. The Labute approximate surface area is 194 Å². The fraction of sp³-hybridized carbons (Fsp3) is 0.591. The van der Waals surface area contributed by atoms with E-state index in [1.165, 1.54) is 4.68 Å². The molecule has 2 heterocycles. The van der Waals surface area contributed by atoms with Crippen LogP contribution in [0.15, 0.2) is 12.1 Å². The number of nitrogens with zero attached hydrogens (tertiary/aromatic N) is 4. The van der Waals surface area contributed by atoms with E-state index >= 15 is 0 Å². The quantitative estimate of drug-likeness (QED) is 0.591. The van der Waals surface area contributed by atoms with Gasteiger partial charge in [0.2, 0.25) is 0 Å². The molecular formula is C22H27F2N5O5. The Morgan fingerprint density at radius 3 is 2.76 bits per heavy atom. The van der Waals surface area contributed by atoms with Gasteiger partial charge in [-0.3, -0.25) is 4.79 Å². The van der Waals surface area contributed by atoms with Gasteiger partial charge in [-0.25, -0.2) is 23.2 Å². The zero-order chi connectivity index (χ0) is 24.5. The first-order valence-corrected chi connectivity index (χ1v) is 11.2. The smallest absolute Gasteiger partial charge is 0.407 e. The summed E-state index contributed by atoms with van der Waals surface area (Å²) in [4.78, 5) is 27.8. The minimum absolute atomic E-state index is 0.0242. The van der Waals surface area contributed by atoms with Crippen LogP contribution in [0.4, 0.5) is 13.6 Å². The van der Waals surface area contributed by atoms with Crippen molar-refractivity contribution < 1.29 is 33.0 Å². The molecule has 2 aliphatic rings. The van der Waals surface area contributed by atoms with Gasteiger partial charge in [0, 0.05) is 13.5 Å². The molecule has 34 heavy (non-hydrogen) atoms. The van der Waals surface area contributed by atoms with Crippen LogP contribution in [0.5, 0.6) is 5.75 Å². The van der Waals surface area contributed by atoms with E-state index in [4.69, 9.17) is 9.47 Å². The lowest BCUT2D eigenvalue weighted by Crippen LogP contribution is -2.29. The molecule has 4 rings (SSSR count). The van der Waals surface area contributed by atoms with Gasteiger partial charge < -0.3 is 19.9 Å². The number of alkyl halides is 2. The summed E-state index contributed by atoms with van der Waals surface area (Å²) in [7, 11) is 1.66. The van der Waals surface area contributed by atoms with Crippen LogP contribution >= 0.6 is 0 Å². The summed E-state index contributed by atoms with van der Waals surface area (Å²) in [5.74, 6) is -4.27. The Hall–Kier alpha value is -3.31. The highest BCUT2D eigenvalue weighted by atomic mass is 19.3. The van der Waals surface area contributed by atoms with Crippen molar-refractivity contribution in [1.29, 1.82) is 0 Å². The Kier molecular flexibility index (Phi) is 6.67. The van der Waals surface area contributed by atoms with Crippen LogP contribution in [0.2, 0.25) is 0 Å². The SMILES string of the molecule is Cc1nc(-c2nnn(C)c2CNC(=O)OCC2CC2(F)F)ccc1O[C@H]1CCC[C@H](C(=O)O)C1. The van der Waals surface area contributed by atoms with Gasteiger partial charge in [0.25, 0.3) is 5.92 Å². The van der Waals surface area contributed by atoms with E-state index in [-0.39, 0.29) is 25.7 Å². The van der Waals surface area contributed by atoms with E-state index in [0.717, 1.165) is 12.8 Å². The van der Waals surface area contributed by atoms with E-state index in [0.29, 0.717) is 41.4 Å². The first-order chi connectivity index (χ1) is 16.1. The van der Waals surface area contributed by atoms with E-state index in [9.17, 15) is 23.5 Å². The Balaban J connectivity index is 1.38. The number of hydrogen-bond donors (Lipinski definition) is 2. The second kappa shape index (κ2) is 9.51. The topological polar surface area (TPSA) is 128 Å². The number of hydrogen-bond acceptors (Lipinski definition) is 7. The van der Waals surface area contributed by atoms with Gasteiger partial charge in [-0.05, 0) is 44.7 Å². The van der Waals surface area contributed by atoms with Gasteiger partial charge in [0.15, 0.2) is 0 Å². The Morgan fingerprint density at radius 1 is 1.32 bits per heavy atom. The summed E-state index contributed by atoms with van der Waals surface area (Å²) in [5, 5.41) is 19.9. The molecule has 0 radical (unpaired) electrons. The van der Waals surface area contributed by atoms with Gasteiger partial charge in [-0.15, -0.1) is 5.10 Å². The molecule has 1 amide bonds. The van der Waals surface area contributed by atoms with Crippen molar-refractivity contribution in [2.75, 3.05) is 6.61 Å². The third-order valence-electron chi connectivity index (χ3n) is 6.26. The average Bonchev–Trinajstić information content (AvgIpc) is 3.24. The molecule has 1 unspecified atom stereocenters. The standard InChI is InChI=1S/C22H27F2N5O5/c1-12-18(34-15-5-3-4-13(8-15)20(30)31)7-6-16(26-12)19-17(29(2)28-27-19)10-25-21(32)33-11-14-9-22(14,23)24/h6-7,13-15H,3-5,8-11H2,1-2H3,(H,25,32)(H,30,31)/t13-,14?,15-/m0/s1. The molecule has 2 N–H and O–H groups in total. The molecule has 2 fully saturated rings. The number of carboxylic acids is 1. The average molecular weight is 479 g/mol. The first-order valence-electron chi connectivity index (χ1n) is 11.2. The van der Waals surface area contributed by atoms with Crippen molar-refractivity contribution in [3.63, 3.8) is 0 Å². The minimum Gasteiger partial charge on any atom is -0.489 e. The highest BCUT2D eigenvalue weighted by molar-refractivity contribution is 5.70. The molecule has 0 bridgehead atoms. The first kappa shape index (κ1) is 23.8. The van der Waals surface area contributed by atoms with Crippen molar-refractivity contribution >= 4 is 12.1 Å². The second-order valence-corrected chi connectivity index (χ2v) is 8.84. The fourth-order valence-corrected chi connectivity index (χ4v) is 4.07. The lowest BCUT2D eigenvalue weighted by Gasteiger charge is -2.27. The predicted molar refractivity (Wildman–Crippen MR) is 114 cm³/mol. The number of aliphatic carboxylic acids is 1. The van der Waals surface area contributed by atoms with E-state index in [1.54, 1.807) is 26.1 Å². The number of alkyl carbamates (subject to hydrolysis) is 1. The number of pyridine rings is 1. The van der Waals surface area contributed by atoms with Gasteiger partial charge in [-0.2, -0.15) is 0 Å². The van der Waals surface area contributed by atoms with E-state index in [2.05, 4.69) is 20.6 Å². The number of aromatic nitrogens is 4.